The van der Waals surface area contributed by atoms with Crippen molar-refractivity contribution in [3.63, 3.8) is 0 Å². The monoisotopic (exact) mass is 480 g/mol. The summed E-state index contributed by atoms with van der Waals surface area (Å²) in [7, 11) is 0. The van der Waals surface area contributed by atoms with Crippen molar-refractivity contribution >= 4 is 17.9 Å². The van der Waals surface area contributed by atoms with Crippen LogP contribution in [0.15, 0.2) is 23.8 Å². The lowest BCUT2D eigenvalue weighted by Crippen LogP contribution is -2.66. The third kappa shape index (κ3) is 3.59. The molecule has 0 bridgehead atoms. The minimum Gasteiger partial charge on any atom is -0.459 e. The highest BCUT2D eigenvalue weighted by molar-refractivity contribution is 5.77. The number of fused-ring (bicyclic) bond motifs is 4. The van der Waals surface area contributed by atoms with Crippen LogP contribution in [-0.2, 0) is 33.3 Å². The molecule has 0 amide bonds. The van der Waals surface area contributed by atoms with E-state index in [-0.39, 0.29) is 0 Å². The van der Waals surface area contributed by atoms with Crippen molar-refractivity contribution in [2.24, 2.45) is 23.2 Å². The number of carbonyl (C=O) groups excluding carboxylic acids is 3. The van der Waals surface area contributed by atoms with E-state index in [1.54, 1.807) is 13.8 Å². The molecule has 4 aliphatic rings. The van der Waals surface area contributed by atoms with Crippen molar-refractivity contribution < 1.29 is 48.7 Å². The highest BCUT2D eigenvalue weighted by Gasteiger charge is 2.74. The minimum atomic E-state index is -2.03. The summed E-state index contributed by atoms with van der Waals surface area (Å²) in [5.74, 6) is -4.35. The third-order valence-corrected chi connectivity index (χ3v) is 8.07. The Kier molecular flexibility index (Phi) is 6.17. The topological polar surface area (TPSA) is 152 Å². The van der Waals surface area contributed by atoms with Crippen molar-refractivity contribution in [1.82, 2.24) is 0 Å². The van der Waals surface area contributed by atoms with Crippen LogP contribution in [-0.4, -0.2) is 82.1 Å². The zero-order valence-electron chi connectivity index (χ0n) is 19.8. The second kappa shape index (κ2) is 8.44. The summed E-state index contributed by atoms with van der Waals surface area (Å²) in [5.41, 5.74) is -2.83. The Balaban J connectivity index is 1.95. The summed E-state index contributed by atoms with van der Waals surface area (Å²) in [6.07, 6.45) is -1.07. The van der Waals surface area contributed by atoms with Gasteiger partial charge in [0, 0.05) is 31.1 Å². The zero-order valence-corrected chi connectivity index (χ0v) is 19.8. The molecule has 0 spiro atoms. The van der Waals surface area contributed by atoms with Crippen LogP contribution in [0.1, 0.15) is 34.6 Å². The van der Waals surface area contributed by atoms with Crippen molar-refractivity contribution in [3.05, 3.63) is 23.8 Å². The van der Waals surface area contributed by atoms with Gasteiger partial charge in [-0.05, 0) is 18.6 Å². The third-order valence-electron chi connectivity index (χ3n) is 8.07. The van der Waals surface area contributed by atoms with Gasteiger partial charge in [0.15, 0.2) is 11.7 Å². The van der Waals surface area contributed by atoms with Gasteiger partial charge in [0.2, 0.25) is 0 Å². The van der Waals surface area contributed by atoms with E-state index in [0.29, 0.717) is 5.57 Å². The average Bonchev–Trinajstić information content (AvgIpc) is 3.53. The Labute approximate surface area is 197 Å². The number of epoxide rings is 1. The maximum atomic E-state index is 12.7. The Hall–Kier alpha value is -2.27. The molecule has 2 saturated heterocycles. The number of rotatable bonds is 3. The lowest BCUT2D eigenvalue weighted by molar-refractivity contribution is -0.216. The van der Waals surface area contributed by atoms with E-state index in [0.717, 1.165) is 0 Å². The highest BCUT2D eigenvalue weighted by Crippen LogP contribution is 2.61. The van der Waals surface area contributed by atoms with E-state index in [1.165, 1.54) is 39.0 Å². The number of aliphatic hydroxyl groups excluding tert-OH is 2. The van der Waals surface area contributed by atoms with Crippen LogP contribution in [0.2, 0.25) is 0 Å². The van der Waals surface area contributed by atoms with Gasteiger partial charge in [0.1, 0.15) is 18.3 Å². The summed E-state index contributed by atoms with van der Waals surface area (Å²) >= 11 is 0. The van der Waals surface area contributed by atoms with E-state index in [2.05, 4.69) is 0 Å². The van der Waals surface area contributed by atoms with Crippen molar-refractivity contribution in [3.8, 4) is 0 Å². The number of esters is 3. The maximum Gasteiger partial charge on any atom is 0.312 e. The van der Waals surface area contributed by atoms with Gasteiger partial charge in [-0.15, -0.1) is 0 Å². The van der Waals surface area contributed by atoms with Crippen LogP contribution in [0.3, 0.4) is 0 Å². The van der Waals surface area contributed by atoms with Crippen LogP contribution < -0.4 is 0 Å². The van der Waals surface area contributed by atoms with Gasteiger partial charge in [0.05, 0.1) is 24.7 Å². The lowest BCUT2D eigenvalue weighted by atomic mass is 9.54. The van der Waals surface area contributed by atoms with Gasteiger partial charge in [-0.2, -0.15) is 0 Å². The van der Waals surface area contributed by atoms with Crippen LogP contribution in [0, 0.1) is 23.2 Å². The van der Waals surface area contributed by atoms with Crippen molar-refractivity contribution in [2.45, 2.75) is 76.8 Å². The Morgan fingerprint density at radius 1 is 1.18 bits per heavy atom. The van der Waals surface area contributed by atoms with Gasteiger partial charge in [-0.3, -0.25) is 14.4 Å². The smallest absolute Gasteiger partial charge is 0.312 e. The molecular formula is C24H32O10. The summed E-state index contributed by atoms with van der Waals surface area (Å²) < 4.78 is 22.7. The normalized spacial score (nSPS) is 49.8. The second-order valence-electron chi connectivity index (χ2n) is 10.0. The first-order chi connectivity index (χ1) is 15.9. The van der Waals surface area contributed by atoms with Crippen molar-refractivity contribution in [1.29, 1.82) is 0 Å². The largest absolute Gasteiger partial charge is 0.459 e. The van der Waals surface area contributed by atoms with E-state index >= 15 is 0 Å². The van der Waals surface area contributed by atoms with Gasteiger partial charge < -0.3 is 34.3 Å². The number of aliphatic hydroxyl groups is 3. The number of ether oxygens (including phenoxy) is 4. The number of hydrogen-bond acceptors (Lipinski definition) is 10. The van der Waals surface area contributed by atoms with Crippen LogP contribution in [0.4, 0.5) is 0 Å². The molecule has 0 aromatic heterocycles. The molecular weight excluding hydrogens is 448 g/mol. The predicted octanol–water partition coefficient (Wildman–Crippen LogP) is 0.0314. The fourth-order valence-electron chi connectivity index (χ4n) is 6.21. The van der Waals surface area contributed by atoms with Crippen LogP contribution in [0.5, 0.6) is 0 Å². The van der Waals surface area contributed by atoms with Crippen molar-refractivity contribution in [2.75, 3.05) is 6.61 Å². The lowest BCUT2D eigenvalue weighted by Gasteiger charge is -2.53. The fourth-order valence-corrected chi connectivity index (χ4v) is 6.21. The summed E-state index contributed by atoms with van der Waals surface area (Å²) in [4.78, 5) is 36.8. The minimum absolute atomic E-state index is 0.308. The van der Waals surface area contributed by atoms with Crippen LogP contribution >= 0.6 is 0 Å². The highest BCUT2D eigenvalue weighted by atomic mass is 16.6. The predicted molar refractivity (Wildman–Crippen MR) is 115 cm³/mol. The van der Waals surface area contributed by atoms with Crippen LogP contribution in [0.25, 0.3) is 0 Å². The molecule has 2 heterocycles. The molecule has 2 aliphatic heterocycles. The van der Waals surface area contributed by atoms with Gasteiger partial charge in [-0.1, -0.05) is 26.0 Å². The first kappa shape index (κ1) is 24.8. The molecule has 0 unspecified atom stereocenters. The quantitative estimate of drug-likeness (QED) is 0.287. The summed E-state index contributed by atoms with van der Waals surface area (Å²) in [6, 6.07) is 0. The molecule has 3 fully saturated rings. The molecule has 4 rings (SSSR count). The molecule has 11 atom stereocenters. The zero-order chi connectivity index (χ0) is 25.2. The number of hydrogen-bond donors (Lipinski definition) is 3. The molecule has 0 radical (unpaired) electrons. The Morgan fingerprint density at radius 2 is 1.82 bits per heavy atom. The summed E-state index contributed by atoms with van der Waals surface area (Å²) in [6.45, 7) is 7.06. The molecule has 0 aromatic carbocycles. The van der Waals surface area contributed by atoms with E-state index in [1.807, 2.05) is 0 Å². The molecule has 10 nitrogen and oxygen atoms in total. The molecule has 1 saturated carbocycles. The standard InChI is InChI=1S/C24H32O10/c1-10-17-20(32-13(4)27)24(30)11(2)22(29)33-16(24)8-14(9-25)6-7-15(28)23(17,5)21-19(34-21)18(10)31-12(3)26/h6-8,10-11,15-21,25,28,30H,9H2,1-5H3/b7-6-,14-8+/t10-,11+,15+,16+,17-,18-,19+,20+,21+,23-,24+/m1/s1. The first-order valence-corrected chi connectivity index (χ1v) is 11.5. The maximum absolute atomic E-state index is 12.7. The van der Waals surface area contributed by atoms with Gasteiger partial charge in [-0.25, -0.2) is 0 Å². The Morgan fingerprint density at radius 3 is 2.41 bits per heavy atom. The first-order valence-electron chi connectivity index (χ1n) is 11.5. The molecule has 188 valence electrons. The van der Waals surface area contributed by atoms with Gasteiger partial charge in [0.25, 0.3) is 0 Å². The molecule has 34 heavy (non-hydrogen) atoms. The second-order valence-corrected chi connectivity index (χ2v) is 10.0. The molecule has 2 aliphatic carbocycles. The van der Waals surface area contributed by atoms with Gasteiger partial charge >= 0.3 is 17.9 Å². The average molecular weight is 481 g/mol. The molecule has 10 heteroatoms. The summed E-state index contributed by atoms with van der Waals surface area (Å²) in [5, 5.41) is 33.3. The van der Waals surface area contributed by atoms with E-state index in [9.17, 15) is 29.7 Å². The van der Waals surface area contributed by atoms with E-state index < -0.39 is 89.9 Å². The van der Waals surface area contributed by atoms with E-state index in [4.69, 9.17) is 18.9 Å². The molecule has 0 aromatic rings. The fraction of sp³-hybridized carbons (Fsp3) is 0.708. The molecule has 3 N–H and O–H groups in total. The SMILES string of the molecule is CC(=O)O[C@@H]1[C@H](C)[C@@H]2[C@H](OC(C)=O)[C@@]3(O)[C@H](/C=C(CO)\C=C/[C@H](O)[C@@]2(C)[C@H]2O[C@@H]12)OC(=O)[C@@H]3C. The Bertz CT molecular complexity index is 942. The number of carbonyl (C=O) groups is 3.